The van der Waals surface area contributed by atoms with Crippen molar-refractivity contribution in [1.29, 1.82) is 0 Å². The first kappa shape index (κ1) is 18.0. The summed E-state index contributed by atoms with van der Waals surface area (Å²) in [5.74, 6) is 0.0874. The molecule has 2 aliphatic heterocycles. The number of nitrogens with zero attached hydrogens (tertiary/aromatic N) is 3. The van der Waals surface area contributed by atoms with Crippen LogP contribution in [0, 0.1) is 0 Å². The molecule has 2 atom stereocenters. The normalized spacial score (nSPS) is 27.2. The van der Waals surface area contributed by atoms with Crippen LogP contribution in [0.15, 0.2) is 6.07 Å². The molecule has 138 valence electrons. The number of likely N-dealkylation sites (tertiary alicyclic amines) is 2. The molecule has 25 heavy (non-hydrogen) atoms. The van der Waals surface area contributed by atoms with Crippen LogP contribution in [-0.4, -0.2) is 56.5 Å². The van der Waals surface area contributed by atoms with Gasteiger partial charge in [-0.1, -0.05) is 20.8 Å². The highest BCUT2D eigenvalue weighted by Gasteiger charge is 2.49. The molecular weight excluding hydrogens is 316 g/mol. The highest BCUT2D eigenvalue weighted by molar-refractivity contribution is 5.93. The van der Waals surface area contributed by atoms with Crippen LogP contribution in [0.2, 0.25) is 0 Å². The van der Waals surface area contributed by atoms with Gasteiger partial charge in [0.15, 0.2) is 0 Å². The number of hydrogen-bond acceptors (Lipinski definition) is 3. The van der Waals surface area contributed by atoms with Crippen LogP contribution in [0.1, 0.15) is 76.5 Å². The van der Waals surface area contributed by atoms with Crippen LogP contribution in [0.25, 0.3) is 0 Å². The lowest BCUT2D eigenvalue weighted by atomic mass is 9.76. The summed E-state index contributed by atoms with van der Waals surface area (Å²) in [6.07, 6.45) is 3.76. The number of piperidine rings is 2. The molecule has 2 fully saturated rings. The van der Waals surface area contributed by atoms with Crippen LogP contribution in [0.4, 0.5) is 0 Å². The van der Waals surface area contributed by atoms with Gasteiger partial charge in [0.1, 0.15) is 5.69 Å². The summed E-state index contributed by atoms with van der Waals surface area (Å²) in [7, 11) is 0. The minimum atomic E-state index is -0.263. The van der Waals surface area contributed by atoms with Crippen molar-refractivity contribution >= 4 is 11.8 Å². The predicted octanol–water partition coefficient (Wildman–Crippen LogP) is 2.71. The SMILES string of the molecule is CC(=O)N1CCC[C@H]2N(C(=O)c3cc(C(C)(C)C)[nH]n3)CCC[C@@]21C. The van der Waals surface area contributed by atoms with Gasteiger partial charge in [0.25, 0.3) is 5.91 Å². The molecule has 6 heteroatoms. The van der Waals surface area contributed by atoms with E-state index in [0.29, 0.717) is 5.69 Å². The third kappa shape index (κ3) is 3.07. The second-order valence-electron chi connectivity index (χ2n) is 8.70. The van der Waals surface area contributed by atoms with E-state index in [9.17, 15) is 9.59 Å². The van der Waals surface area contributed by atoms with Gasteiger partial charge < -0.3 is 9.80 Å². The smallest absolute Gasteiger partial charge is 0.274 e. The molecule has 3 rings (SSSR count). The van der Waals surface area contributed by atoms with Gasteiger partial charge >= 0.3 is 0 Å². The maximum atomic E-state index is 13.2. The summed E-state index contributed by atoms with van der Waals surface area (Å²) in [5, 5.41) is 7.29. The molecule has 3 heterocycles. The third-order valence-corrected chi connectivity index (χ3v) is 5.90. The van der Waals surface area contributed by atoms with Crippen molar-refractivity contribution in [2.75, 3.05) is 13.1 Å². The van der Waals surface area contributed by atoms with E-state index in [1.165, 1.54) is 0 Å². The Balaban J connectivity index is 1.88. The van der Waals surface area contributed by atoms with Crippen LogP contribution in [0.5, 0.6) is 0 Å². The van der Waals surface area contributed by atoms with Crippen molar-refractivity contribution in [3.05, 3.63) is 17.5 Å². The van der Waals surface area contributed by atoms with E-state index >= 15 is 0 Å². The monoisotopic (exact) mass is 346 g/mol. The first-order chi connectivity index (χ1) is 11.6. The van der Waals surface area contributed by atoms with Crippen molar-refractivity contribution in [3.8, 4) is 0 Å². The minimum Gasteiger partial charge on any atom is -0.335 e. The van der Waals surface area contributed by atoms with Gasteiger partial charge in [0, 0.05) is 31.1 Å². The van der Waals surface area contributed by atoms with Crippen LogP contribution in [-0.2, 0) is 10.2 Å². The zero-order valence-electron chi connectivity index (χ0n) is 16.1. The second-order valence-corrected chi connectivity index (χ2v) is 8.70. The summed E-state index contributed by atoms with van der Waals surface area (Å²) in [6, 6.07) is 1.95. The topological polar surface area (TPSA) is 69.3 Å². The highest BCUT2D eigenvalue weighted by Crippen LogP contribution is 2.39. The van der Waals surface area contributed by atoms with E-state index in [0.717, 1.165) is 44.5 Å². The van der Waals surface area contributed by atoms with E-state index in [1.54, 1.807) is 6.92 Å². The molecule has 0 spiro atoms. The lowest BCUT2D eigenvalue weighted by Gasteiger charge is -2.56. The van der Waals surface area contributed by atoms with Crippen molar-refractivity contribution in [1.82, 2.24) is 20.0 Å². The Morgan fingerprint density at radius 2 is 2.00 bits per heavy atom. The molecule has 1 N–H and O–H groups in total. The molecule has 6 nitrogen and oxygen atoms in total. The zero-order valence-corrected chi connectivity index (χ0v) is 16.1. The lowest BCUT2D eigenvalue weighted by molar-refractivity contribution is -0.143. The van der Waals surface area contributed by atoms with Crippen molar-refractivity contribution in [3.63, 3.8) is 0 Å². The van der Waals surface area contributed by atoms with Gasteiger partial charge in [-0.05, 0) is 38.7 Å². The largest absolute Gasteiger partial charge is 0.335 e. The quantitative estimate of drug-likeness (QED) is 0.850. The number of carbonyl (C=O) groups excluding carboxylic acids is 2. The molecule has 0 unspecified atom stereocenters. The van der Waals surface area contributed by atoms with E-state index in [2.05, 4.69) is 37.9 Å². The van der Waals surface area contributed by atoms with Crippen LogP contribution >= 0.6 is 0 Å². The number of fused-ring (bicyclic) bond motifs is 1. The van der Waals surface area contributed by atoms with E-state index < -0.39 is 0 Å². The van der Waals surface area contributed by atoms with Crippen molar-refractivity contribution < 1.29 is 9.59 Å². The van der Waals surface area contributed by atoms with E-state index in [-0.39, 0.29) is 28.8 Å². The number of aromatic nitrogens is 2. The van der Waals surface area contributed by atoms with Gasteiger partial charge in [0.05, 0.1) is 11.6 Å². The minimum absolute atomic E-state index is 0.0203. The maximum Gasteiger partial charge on any atom is 0.274 e. The number of carbonyl (C=O) groups is 2. The van der Waals surface area contributed by atoms with Gasteiger partial charge in [-0.15, -0.1) is 0 Å². The lowest BCUT2D eigenvalue weighted by Crippen LogP contribution is -2.68. The van der Waals surface area contributed by atoms with Crippen molar-refractivity contribution in [2.45, 2.75) is 77.3 Å². The molecule has 0 aliphatic carbocycles. The van der Waals surface area contributed by atoms with Crippen LogP contribution < -0.4 is 0 Å². The Bertz CT molecular complexity index is 675. The number of hydrogen-bond donors (Lipinski definition) is 1. The van der Waals surface area contributed by atoms with Gasteiger partial charge in [-0.3, -0.25) is 14.7 Å². The Hall–Kier alpha value is -1.85. The highest BCUT2D eigenvalue weighted by atomic mass is 16.2. The average Bonchev–Trinajstić information content (AvgIpc) is 3.02. The fraction of sp³-hybridized carbons (Fsp3) is 0.737. The number of aromatic amines is 1. The predicted molar refractivity (Wildman–Crippen MR) is 96.4 cm³/mol. The molecule has 2 amide bonds. The molecular formula is C19H30N4O2. The fourth-order valence-corrected chi connectivity index (χ4v) is 4.47. The third-order valence-electron chi connectivity index (χ3n) is 5.90. The fourth-order valence-electron chi connectivity index (χ4n) is 4.47. The summed E-state index contributed by atoms with van der Waals surface area (Å²) in [6.45, 7) is 11.6. The number of nitrogens with one attached hydrogen (secondary N) is 1. The molecule has 0 aromatic carbocycles. The molecule has 2 aliphatic rings. The van der Waals surface area contributed by atoms with E-state index in [4.69, 9.17) is 0 Å². The number of H-pyrrole nitrogens is 1. The zero-order chi connectivity index (χ0) is 18.4. The van der Waals surface area contributed by atoms with Gasteiger partial charge in [-0.25, -0.2) is 0 Å². The Labute approximate surface area is 149 Å². The molecule has 1 aromatic rings. The summed E-state index contributed by atoms with van der Waals surface area (Å²) in [4.78, 5) is 29.2. The maximum absolute atomic E-state index is 13.2. The number of amides is 2. The number of rotatable bonds is 1. The van der Waals surface area contributed by atoms with Crippen molar-refractivity contribution in [2.24, 2.45) is 0 Å². The summed E-state index contributed by atoms with van der Waals surface area (Å²) in [5.41, 5.74) is 1.11. The first-order valence-corrected chi connectivity index (χ1v) is 9.29. The Kier molecular flexibility index (Phi) is 4.41. The Morgan fingerprint density at radius 1 is 1.28 bits per heavy atom. The average molecular weight is 346 g/mol. The standard InChI is InChI=1S/C19H30N4O2/c1-13(24)23-11-6-8-16-19(23,5)9-7-10-22(16)17(25)14-12-15(21-20-14)18(2,3)4/h12,16H,6-11H2,1-5H3,(H,20,21)/t16-,19+/m1/s1. The van der Waals surface area contributed by atoms with E-state index in [1.807, 2.05) is 15.9 Å². The van der Waals surface area contributed by atoms with Gasteiger partial charge in [-0.2, -0.15) is 5.10 Å². The summed E-state index contributed by atoms with van der Waals surface area (Å²) < 4.78 is 0. The van der Waals surface area contributed by atoms with Crippen LogP contribution in [0.3, 0.4) is 0 Å². The summed E-state index contributed by atoms with van der Waals surface area (Å²) >= 11 is 0. The second kappa shape index (κ2) is 6.15. The Morgan fingerprint density at radius 3 is 2.60 bits per heavy atom. The molecule has 1 aromatic heterocycles. The molecule has 0 saturated carbocycles. The van der Waals surface area contributed by atoms with Gasteiger partial charge in [0.2, 0.25) is 5.91 Å². The first-order valence-electron chi connectivity index (χ1n) is 9.29. The molecule has 0 bridgehead atoms. The molecule has 0 radical (unpaired) electrons. The molecule has 2 saturated heterocycles.